The van der Waals surface area contributed by atoms with Crippen LogP contribution in [0.4, 0.5) is 5.69 Å². The summed E-state index contributed by atoms with van der Waals surface area (Å²) in [7, 11) is 0. The normalized spacial score (nSPS) is 16.0. The Labute approximate surface area is 190 Å². The largest absolute Gasteiger partial charge is 0.467 e. The molecular formula is C23H25N5O3S. The number of anilines is 1. The van der Waals surface area contributed by atoms with Crippen molar-refractivity contribution in [2.24, 2.45) is 0 Å². The number of hydrogen-bond acceptors (Lipinski definition) is 6. The zero-order chi connectivity index (χ0) is 21.9. The molecule has 1 aromatic carbocycles. The summed E-state index contributed by atoms with van der Waals surface area (Å²) >= 11 is 1.39. The molecule has 0 unspecified atom stereocenters. The van der Waals surface area contributed by atoms with Crippen LogP contribution in [0.5, 0.6) is 0 Å². The number of carbonyl (C=O) groups is 2. The van der Waals surface area contributed by atoms with E-state index in [0.29, 0.717) is 25.4 Å². The standard InChI is InChI=1S/C23H25N5O3S/c29-20(24-13-16-5-9-18(10-6-16)27-11-1-4-21(27)30)15-32-23-26-25-22(17-7-8-17)28(23)14-19-3-2-12-31-19/h2-3,5-6,9-10,12,17H,1,4,7-8,11,13-15H2,(H,24,29). The molecular weight excluding hydrogens is 426 g/mol. The van der Waals surface area contributed by atoms with Crippen LogP contribution in [-0.2, 0) is 22.7 Å². The molecule has 166 valence electrons. The number of rotatable bonds is 9. The third-order valence-electron chi connectivity index (χ3n) is 5.73. The lowest BCUT2D eigenvalue weighted by Gasteiger charge is -2.16. The van der Waals surface area contributed by atoms with Gasteiger partial charge in [0, 0.05) is 31.1 Å². The summed E-state index contributed by atoms with van der Waals surface area (Å²) in [4.78, 5) is 26.1. The average Bonchev–Trinajstić information content (AvgIpc) is 3.17. The van der Waals surface area contributed by atoms with Crippen LogP contribution in [0.25, 0.3) is 0 Å². The highest BCUT2D eigenvalue weighted by atomic mass is 32.2. The van der Waals surface area contributed by atoms with E-state index >= 15 is 0 Å². The van der Waals surface area contributed by atoms with Crippen LogP contribution >= 0.6 is 11.8 Å². The quantitative estimate of drug-likeness (QED) is 0.502. The first-order valence-corrected chi connectivity index (χ1v) is 11.9. The molecule has 2 fully saturated rings. The van der Waals surface area contributed by atoms with Crippen molar-refractivity contribution >= 4 is 29.3 Å². The summed E-state index contributed by atoms with van der Waals surface area (Å²) in [6.07, 6.45) is 5.45. The van der Waals surface area contributed by atoms with Crippen molar-refractivity contribution in [3.05, 3.63) is 59.8 Å². The molecule has 2 amide bonds. The minimum absolute atomic E-state index is 0.0608. The van der Waals surface area contributed by atoms with E-state index in [2.05, 4.69) is 20.1 Å². The van der Waals surface area contributed by atoms with E-state index in [1.54, 1.807) is 6.26 Å². The molecule has 32 heavy (non-hydrogen) atoms. The smallest absolute Gasteiger partial charge is 0.230 e. The van der Waals surface area contributed by atoms with E-state index in [1.165, 1.54) is 11.8 Å². The van der Waals surface area contributed by atoms with E-state index in [9.17, 15) is 9.59 Å². The first-order valence-electron chi connectivity index (χ1n) is 10.9. The van der Waals surface area contributed by atoms with Gasteiger partial charge >= 0.3 is 0 Å². The maximum Gasteiger partial charge on any atom is 0.230 e. The van der Waals surface area contributed by atoms with Crippen LogP contribution in [0.3, 0.4) is 0 Å². The Kier molecular flexibility index (Phi) is 5.98. The second kappa shape index (κ2) is 9.20. The van der Waals surface area contributed by atoms with Crippen molar-refractivity contribution in [2.45, 2.75) is 49.8 Å². The van der Waals surface area contributed by atoms with Gasteiger partial charge in [-0.3, -0.25) is 14.2 Å². The molecule has 0 radical (unpaired) electrons. The molecule has 1 saturated carbocycles. The van der Waals surface area contributed by atoms with Crippen LogP contribution < -0.4 is 10.2 Å². The molecule has 1 aliphatic carbocycles. The van der Waals surface area contributed by atoms with Crippen LogP contribution in [0.15, 0.2) is 52.2 Å². The fraction of sp³-hybridized carbons (Fsp3) is 0.391. The van der Waals surface area contributed by atoms with Gasteiger partial charge < -0.3 is 14.6 Å². The third-order valence-corrected chi connectivity index (χ3v) is 6.69. The van der Waals surface area contributed by atoms with Gasteiger partial charge in [-0.2, -0.15) is 0 Å². The fourth-order valence-corrected chi connectivity index (χ4v) is 4.63. The highest BCUT2D eigenvalue weighted by molar-refractivity contribution is 7.99. The van der Waals surface area contributed by atoms with Crippen molar-refractivity contribution in [2.75, 3.05) is 17.2 Å². The molecule has 0 bridgehead atoms. The number of nitrogens with zero attached hydrogens (tertiary/aromatic N) is 4. The van der Waals surface area contributed by atoms with Crippen molar-refractivity contribution in [1.82, 2.24) is 20.1 Å². The minimum Gasteiger partial charge on any atom is -0.467 e. The maximum absolute atomic E-state index is 12.4. The Morgan fingerprint density at radius 3 is 2.72 bits per heavy atom. The first kappa shape index (κ1) is 20.8. The summed E-state index contributed by atoms with van der Waals surface area (Å²) in [5, 5.41) is 12.4. The molecule has 0 spiro atoms. The Balaban J connectivity index is 1.15. The molecule has 1 saturated heterocycles. The molecule has 3 aromatic rings. The maximum atomic E-state index is 12.4. The predicted molar refractivity (Wildman–Crippen MR) is 120 cm³/mol. The minimum atomic E-state index is -0.0608. The summed E-state index contributed by atoms with van der Waals surface area (Å²) < 4.78 is 7.55. The van der Waals surface area contributed by atoms with Gasteiger partial charge in [0.25, 0.3) is 0 Å². The number of benzene rings is 1. The van der Waals surface area contributed by atoms with Gasteiger partial charge in [-0.05, 0) is 49.1 Å². The van der Waals surface area contributed by atoms with E-state index < -0.39 is 0 Å². The molecule has 2 aromatic heterocycles. The molecule has 0 atom stereocenters. The van der Waals surface area contributed by atoms with E-state index in [0.717, 1.165) is 53.8 Å². The van der Waals surface area contributed by atoms with Gasteiger partial charge in [-0.25, -0.2) is 0 Å². The lowest BCUT2D eigenvalue weighted by atomic mass is 10.2. The molecule has 3 heterocycles. The first-order chi connectivity index (χ1) is 15.7. The summed E-state index contributed by atoms with van der Waals surface area (Å²) in [6, 6.07) is 11.6. The average molecular weight is 452 g/mol. The Morgan fingerprint density at radius 2 is 2.03 bits per heavy atom. The number of carbonyl (C=O) groups excluding carboxylic acids is 2. The predicted octanol–water partition coefficient (Wildman–Crippen LogP) is 3.33. The molecule has 1 N–H and O–H groups in total. The van der Waals surface area contributed by atoms with E-state index in [-0.39, 0.29) is 17.6 Å². The lowest BCUT2D eigenvalue weighted by molar-refractivity contribution is -0.119. The summed E-state index contributed by atoms with van der Waals surface area (Å²) in [6.45, 7) is 1.79. The monoisotopic (exact) mass is 451 g/mol. The van der Waals surface area contributed by atoms with Gasteiger partial charge in [-0.1, -0.05) is 23.9 Å². The van der Waals surface area contributed by atoms with Gasteiger partial charge in [0.05, 0.1) is 18.6 Å². The second-order valence-corrected chi connectivity index (χ2v) is 9.10. The zero-order valence-corrected chi connectivity index (χ0v) is 18.5. The zero-order valence-electron chi connectivity index (χ0n) is 17.7. The van der Waals surface area contributed by atoms with Crippen molar-refractivity contribution in [3.8, 4) is 0 Å². The number of amides is 2. The number of aromatic nitrogens is 3. The van der Waals surface area contributed by atoms with Crippen molar-refractivity contribution < 1.29 is 14.0 Å². The number of furan rings is 1. The van der Waals surface area contributed by atoms with Gasteiger partial charge in [0.15, 0.2) is 5.16 Å². The Morgan fingerprint density at radius 1 is 1.19 bits per heavy atom. The molecule has 8 nitrogen and oxygen atoms in total. The van der Waals surface area contributed by atoms with Crippen LogP contribution in [0.2, 0.25) is 0 Å². The fourth-order valence-electron chi connectivity index (χ4n) is 3.85. The van der Waals surface area contributed by atoms with Gasteiger partial charge in [0.2, 0.25) is 11.8 Å². The Bertz CT molecular complexity index is 1090. The van der Waals surface area contributed by atoms with Crippen LogP contribution in [-0.4, -0.2) is 38.9 Å². The topological polar surface area (TPSA) is 93.3 Å². The second-order valence-electron chi connectivity index (χ2n) is 8.16. The van der Waals surface area contributed by atoms with Crippen molar-refractivity contribution in [3.63, 3.8) is 0 Å². The lowest BCUT2D eigenvalue weighted by Crippen LogP contribution is -2.25. The Hall–Kier alpha value is -3.07. The highest BCUT2D eigenvalue weighted by Gasteiger charge is 2.31. The van der Waals surface area contributed by atoms with E-state index in [1.807, 2.05) is 41.3 Å². The van der Waals surface area contributed by atoms with E-state index in [4.69, 9.17) is 4.42 Å². The van der Waals surface area contributed by atoms with Gasteiger partial charge in [-0.15, -0.1) is 10.2 Å². The van der Waals surface area contributed by atoms with Crippen LogP contribution in [0, 0.1) is 0 Å². The molecule has 1 aliphatic heterocycles. The third kappa shape index (κ3) is 4.72. The summed E-state index contributed by atoms with van der Waals surface area (Å²) in [5.41, 5.74) is 1.91. The summed E-state index contributed by atoms with van der Waals surface area (Å²) in [5.74, 6) is 2.65. The van der Waals surface area contributed by atoms with Crippen LogP contribution in [0.1, 0.15) is 48.7 Å². The van der Waals surface area contributed by atoms with Crippen molar-refractivity contribution in [1.29, 1.82) is 0 Å². The number of thioether (sulfide) groups is 1. The molecule has 9 heteroatoms. The SMILES string of the molecule is O=C(CSc1nnc(C2CC2)n1Cc1ccco1)NCc1ccc(N2CCCC2=O)cc1. The van der Waals surface area contributed by atoms with Gasteiger partial charge in [0.1, 0.15) is 11.6 Å². The number of hydrogen-bond donors (Lipinski definition) is 1. The molecule has 2 aliphatic rings. The molecule has 5 rings (SSSR count). The number of nitrogens with one attached hydrogen (secondary N) is 1. The highest BCUT2D eigenvalue weighted by Crippen LogP contribution is 2.40.